The van der Waals surface area contributed by atoms with Crippen LogP contribution in [-0.4, -0.2) is 114 Å². The first kappa shape index (κ1) is 59.6. The Morgan fingerprint density at radius 2 is 1.29 bits per heavy atom. The average molecular weight is 1090 g/mol. The highest BCUT2D eigenvalue weighted by atomic mass is 19.1. The molecule has 7 N–H and O–H groups in total. The Labute approximate surface area is 464 Å². The first-order valence-electron chi connectivity index (χ1n) is 27.5. The molecular formula is C61H80FN9O8. The SMILES string of the molecule is CN[C@@H](C)C(=O)NC(C(=O)N1Cc2cc(NC(=O)c3ccc(CO[C@H]4C[C@@H](C(=O)N[C@@H]5CCCc6ccccc65)N(C(=O)[C@@H](NC(=O)[C@H](C)NC)C(C)(C)C)C4)cc3)ccc2C[C@H]1C(=O)N[C@H](C)c1ccccc1F)C(C)(C)C. The molecule has 1 saturated heterocycles. The zero-order chi connectivity index (χ0) is 57.5. The number of nitrogens with zero attached hydrogens (tertiary/aromatic N) is 2. The first-order valence-corrected chi connectivity index (χ1v) is 27.5. The smallest absolute Gasteiger partial charge is 0.255 e. The normalized spacial score (nSPS) is 20.1. The Bertz CT molecular complexity index is 2880. The molecule has 2 aliphatic heterocycles. The summed E-state index contributed by atoms with van der Waals surface area (Å²) in [4.78, 5) is 101. The summed E-state index contributed by atoms with van der Waals surface area (Å²) in [6.45, 7) is 16.5. The van der Waals surface area contributed by atoms with Crippen molar-refractivity contribution in [2.45, 2.75) is 162 Å². The van der Waals surface area contributed by atoms with Crippen LogP contribution in [0, 0.1) is 16.6 Å². The lowest BCUT2D eigenvalue weighted by Crippen LogP contribution is -2.62. The number of aryl methyl sites for hydroxylation is 1. The van der Waals surface area contributed by atoms with Crippen LogP contribution in [0.5, 0.6) is 0 Å². The van der Waals surface area contributed by atoms with E-state index < -0.39 is 82.8 Å². The van der Waals surface area contributed by atoms with Crippen molar-refractivity contribution in [3.8, 4) is 0 Å². The summed E-state index contributed by atoms with van der Waals surface area (Å²) < 4.78 is 21.3. The predicted molar refractivity (Wildman–Crippen MR) is 301 cm³/mol. The number of rotatable bonds is 18. The van der Waals surface area contributed by atoms with Crippen LogP contribution in [-0.2, 0) is 59.5 Å². The fourth-order valence-electron chi connectivity index (χ4n) is 10.5. The van der Waals surface area contributed by atoms with Gasteiger partial charge in [0.25, 0.3) is 5.91 Å². The molecule has 79 heavy (non-hydrogen) atoms. The van der Waals surface area contributed by atoms with E-state index in [4.69, 9.17) is 4.74 Å². The molecule has 3 aliphatic rings. The Hall–Kier alpha value is -7.02. The Balaban J connectivity index is 1.05. The quantitative estimate of drug-likeness (QED) is 0.0602. The van der Waals surface area contributed by atoms with Crippen LogP contribution in [0.15, 0.2) is 91.0 Å². The van der Waals surface area contributed by atoms with Gasteiger partial charge in [-0.25, -0.2) is 4.39 Å². The summed E-state index contributed by atoms with van der Waals surface area (Å²) in [6.07, 6.45) is 2.47. The van der Waals surface area contributed by atoms with Crippen molar-refractivity contribution in [3.63, 3.8) is 0 Å². The summed E-state index contributed by atoms with van der Waals surface area (Å²) in [5.74, 6) is -3.17. The second-order valence-electron chi connectivity index (χ2n) is 23.5. The Morgan fingerprint density at radius 3 is 1.91 bits per heavy atom. The van der Waals surface area contributed by atoms with Crippen LogP contribution >= 0.6 is 0 Å². The Kier molecular flexibility index (Phi) is 19.2. The van der Waals surface area contributed by atoms with Crippen LogP contribution in [0.25, 0.3) is 0 Å². The Morgan fingerprint density at radius 1 is 0.684 bits per heavy atom. The van der Waals surface area contributed by atoms with Crippen molar-refractivity contribution in [2.24, 2.45) is 10.8 Å². The zero-order valence-corrected chi connectivity index (χ0v) is 47.6. The van der Waals surface area contributed by atoms with Gasteiger partial charge in [-0.2, -0.15) is 0 Å². The van der Waals surface area contributed by atoms with Gasteiger partial charge >= 0.3 is 0 Å². The van der Waals surface area contributed by atoms with Crippen LogP contribution in [0.3, 0.4) is 0 Å². The van der Waals surface area contributed by atoms with Crippen molar-refractivity contribution in [1.82, 2.24) is 41.7 Å². The number of fused-ring (bicyclic) bond motifs is 2. The summed E-state index contributed by atoms with van der Waals surface area (Å²) in [7, 11) is 3.32. The number of hydrogen-bond donors (Lipinski definition) is 7. The third-order valence-electron chi connectivity index (χ3n) is 15.6. The topological polar surface area (TPSA) is 219 Å². The second-order valence-corrected chi connectivity index (χ2v) is 23.5. The third kappa shape index (κ3) is 14.4. The molecule has 9 atom stereocenters. The van der Waals surface area contributed by atoms with E-state index in [1.54, 1.807) is 94.4 Å². The van der Waals surface area contributed by atoms with E-state index in [0.29, 0.717) is 22.4 Å². The molecule has 7 rings (SSSR count). The molecule has 7 amide bonds. The molecule has 0 radical (unpaired) electrons. The van der Waals surface area contributed by atoms with Crippen molar-refractivity contribution in [2.75, 3.05) is 26.0 Å². The highest BCUT2D eigenvalue weighted by Crippen LogP contribution is 2.34. The molecule has 0 saturated carbocycles. The first-order chi connectivity index (χ1) is 37.4. The lowest BCUT2D eigenvalue weighted by atomic mass is 9.84. The number of halogens is 1. The van der Waals surface area contributed by atoms with Crippen LogP contribution in [0.4, 0.5) is 10.1 Å². The van der Waals surface area contributed by atoms with E-state index in [0.717, 1.165) is 36.0 Å². The number of likely N-dealkylation sites (N-methyl/N-ethyl adjacent to an activating group) is 2. The molecule has 0 aromatic heterocycles. The van der Waals surface area contributed by atoms with Gasteiger partial charge in [0.1, 0.15) is 30.0 Å². The van der Waals surface area contributed by atoms with E-state index in [1.807, 2.05) is 65.8 Å². The molecule has 17 nitrogen and oxygen atoms in total. The van der Waals surface area contributed by atoms with Crippen molar-refractivity contribution >= 4 is 47.0 Å². The summed E-state index contributed by atoms with van der Waals surface area (Å²) in [5, 5.41) is 20.8. The van der Waals surface area contributed by atoms with E-state index in [-0.39, 0.29) is 62.2 Å². The highest BCUT2D eigenvalue weighted by Gasteiger charge is 2.47. The number of hydrogen-bond acceptors (Lipinski definition) is 10. The molecule has 1 aliphatic carbocycles. The fourth-order valence-corrected chi connectivity index (χ4v) is 10.5. The maximum Gasteiger partial charge on any atom is 0.255 e. The molecule has 0 bridgehead atoms. The number of nitrogens with one attached hydrogen (secondary N) is 7. The van der Waals surface area contributed by atoms with E-state index in [2.05, 4.69) is 43.3 Å². The fraction of sp³-hybridized carbons (Fsp3) is 0.492. The predicted octanol–water partition coefficient (Wildman–Crippen LogP) is 6.17. The summed E-state index contributed by atoms with van der Waals surface area (Å²) in [5.41, 5.74) is 4.17. The summed E-state index contributed by atoms with van der Waals surface area (Å²) in [6, 6.07) is 20.7. The average Bonchev–Trinajstić information content (AvgIpc) is 3.91. The van der Waals surface area contributed by atoms with Crippen molar-refractivity contribution in [3.05, 3.63) is 136 Å². The van der Waals surface area contributed by atoms with Gasteiger partial charge in [0.05, 0.1) is 36.9 Å². The van der Waals surface area contributed by atoms with E-state index in [9.17, 15) is 38.0 Å². The number of anilines is 1. The number of amides is 7. The standard InChI is InChI=1S/C61H80FN9O8/c1-35(45-19-14-15-21-47(45)62)65-56(75)49-30-41-27-28-43(29-42(41)32-70(49)58(77)51(60(4,5)6)68-53(72)36(2)63-10)66-55(74)40-25-23-38(24-26-40)34-79-44-31-50(57(76)67-48-22-16-18-39-17-12-13-20-46(39)48)71(33-44)59(78)52(61(7,8)9)69-54(73)37(3)64-11/h12-15,17,19-21,23-29,35-37,44,48-52,63-64H,16,18,22,30-34H2,1-11H3,(H,65,75)(H,66,74)(H,67,76)(H,68,72)(H,69,73)/t35-,36+,37+,44+,48-,49+,50+,51?,52-/m1/s1. The summed E-state index contributed by atoms with van der Waals surface area (Å²) >= 11 is 0. The van der Waals surface area contributed by atoms with Gasteiger partial charge in [0.2, 0.25) is 35.4 Å². The number of likely N-dealkylation sites (tertiary alicyclic amines) is 1. The number of ether oxygens (including phenoxy) is 1. The van der Waals surface area contributed by atoms with Crippen LogP contribution in [0.2, 0.25) is 0 Å². The van der Waals surface area contributed by atoms with Gasteiger partial charge in [-0.3, -0.25) is 33.6 Å². The molecule has 1 fully saturated rings. The highest BCUT2D eigenvalue weighted by molar-refractivity contribution is 6.04. The monoisotopic (exact) mass is 1090 g/mol. The molecule has 0 spiro atoms. The van der Waals surface area contributed by atoms with Gasteiger partial charge in [-0.1, -0.05) is 102 Å². The van der Waals surface area contributed by atoms with Crippen molar-refractivity contribution < 1.29 is 42.7 Å². The number of carbonyl (C=O) groups excluding carboxylic acids is 7. The molecule has 18 heteroatoms. The van der Waals surface area contributed by atoms with Crippen LogP contribution < -0.4 is 37.2 Å². The van der Waals surface area contributed by atoms with E-state index >= 15 is 0 Å². The minimum atomic E-state index is -1.02. The molecule has 4 aromatic rings. The number of benzene rings is 4. The maximum absolute atomic E-state index is 14.8. The number of carbonyl (C=O) groups is 7. The molecular weight excluding hydrogens is 1010 g/mol. The minimum Gasteiger partial charge on any atom is -0.372 e. The minimum absolute atomic E-state index is 0.0141. The zero-order valence-electron chi connectivity index (χ0n) is 47.6. The van der Waals surface area contributed by atoms with Gasteiger partial charge in [0, 0.05) is 42.7 Å². The lowest BCUT2D eigenvalue weighted by molar-refractivity contribution is -0.147. The van der Waals surface area contributed by atoms with Gasteiger partial charge in [0.15, 0.2) is 0 Å². The van der Waals surface area contributed by atoms with E-state index in [1.165, 1.54) is 16.5 Å². The van der Waals surface area contributed by atoms with Gasteiger partial charge < -0.3 is 51.8 Å². The molecule has 424 valence electrons. The van der Waals surface area contributed by atoms with Gasteiger partial charge in [-0.05, 0) is 123 Å². The van der Waals surface area contributed by atoms with Crippen molar-refractivity contribution in [1.29, 1.82) is 0 Å². The lowest BCUT2D eigenvalue weighted by Gasteiger charge is -2.41. The third-order valence-corrected chi connectivity index (χ3v) is 15.6. The molecule has 2 heterocycles. The van der Waals surface area contributed by atoms with Crippen LogP contribution in [0.1, 0.15) is 137 Å². The van der Waals surface area contributed by atoms with Gasteiger partial charge in [-0.15, -0.1) is 0 Å². The molecule has 1 unspecified atom stereocenters. The second kappa shape index (κ2) is 25.4. The largest absolute Gasteiger partial charge is 0.372 e. The molecule has 4 aromatic carbocycles. The maximum atomic E-state index is 14.8.